The predicted octanol–water partition coefficient (Wildman–Crippen LogP) is 7.14. The van der Waals surface area contributed by atoms with Gasteiger partial charge in [0.2, 0.25) is 0 Å². The van der Waals surface area contributed by atoms with Crippen molar-refractivity contribution in [2.45, 2.75) is 112 Å². The highest BCUT2D eigenvalue weighted by Crippen LogP contribution is 2.75. The Morgan fingerprint density at radius 3 is 2.51 bits per heavy atom. The fourth-order valence-electron chi connectivity index (χ4n) is 11.2. The molecule has 0 amide bonds. The van der Waals surface area contributed by atoms with Crippen LogP contribution in [0.4, 0.5) is 0 Å². The summed E-state index contributed by atoms with van der Waals surface area (Å²) >= 11 is 0. The third-order valence-electron chi connectivity index (χ3n) is 13.4. The van der Waals surface area contributed by atoms with Crippen LogP contribution in [0.15, 0.2) is 10.7 Å². The molecule has 0 bridgehead atoms. The number of esters is 1. The van der Waals surface area contributed by atoms with Gasteiger partial charge in [-0.3, -0.25) is 9.59 Å². The second kappa shape index (κ2) is 7.94. The molecule has 4 saturated carbocycles. The molecule has 0 aliphatic heterocycles. The maximum Gasteiger partial charge on any atom is 0.302 e. The Morgan fingerprint density at radius 1 is 1.05 bits per heavy atom. The number of nitrogens with zero attached hydrogens (tertiary/aromatic N) is 1. The van der Waals surface area contributed by atoms with Crippen molar-refractivity contribution in [2.24, 2.45) is 50.7 Å². The van der Waals surface area contributed by atoms with Crippen LogP contribution in [-0.2, 0) is 20.7 Å². The van der Waals surface area contributed by atoms with Gasteiger partial charge < -0.3 is 9.26 Å². The largest absolute Gasteiger partial charge is 0.465 e. The van der Waals surface area contributed by atoms with E-state index in [1.54, 1.807) is 0 Å². The number of carbonyl (C=O) groups is 2. The Bertz CT molecular complexity index is 1120. The lowest BCUT2D eigenvalue weighted by molar-refractivity contribution is -0.230. The van der Waals surface area contributed by atoms with Gasteiger partial charge in [0.05, 0.1) is 12.8 Å². The number of ether oxygens (including phenoxy) is 1. The molecule has 2 unspecified atom stereocenters. The van der Waals surface area contributed by atoms with E-state index in [9.17, 15) is 9.59 Å². The first kappa shape index (κ1) is 25.6. The van der Waals surface area contributed by atoms with Crippen molar-refractivity contribution in [3.8, 4) is 0 Å². The summed E-state index contributed by atoms with van der Waals surface area (Å²) in [5.41, 5.74) is 1.58. The molecule has 0 saturated heterocycles. The minimum atomic E-state index is -0.195. The van der Waals surface area contributed by atoms with E-state index in [2.05, 4.69) is 46.7 Å². The van der Waals surface area contributed by atoms with Crippen molar-refractivity contribution < 1.29 is 18.8 Å². The van der Waals surface area contributed by atoms with Crippen molar-refractivity contribution in [2.75, 3.05) is 6.61 Å². The zero-order chi connectivity index (χ0) is 26.6. The minimum Gasteiger partial charge on any atom is -0.465 e. The smallest absolute Gasteiger partial charge is 0.302 e. The average molecular weight is 510 g/mol. The summed E-state index contributed by atoms with van der Waals surface area (Å²) in [7, 11) is 0. The maximum absolute atomic E-state index is 14.5. The fraction of sp³-hybridized carbons (Fsp3) is 0.844. The first-order valence-corrected chi connectivity index (χ1v) is 14.9. The zero-order valence-corrected chi connectivity index (χ0v) is 24.1. The lowest BCUT2D eigenvalue weighted by Gasteiger charge is -2.71. The van der Waals surface area contributed by atoms with Crippen molar-refractivity contribution in [1.82, 2.24) is 5.16 Å². The topological polar surface area (TPSA) is 69.4 Å². The van der Waals surface area contributed by atoms with Crippen molar-refractivity contribution in [3.63, 3.8) is 0 Å². The van der Waals surface area contributed by atoms with E-state index in [1.165, 1.54) is 25.3 Å². The second-order valence-electron chi connectivity index (χ2n) is 15.5. The molecule has 5 aliphatic rings. The molecule has 1 aromatic heterocycles. The normalized spacial score (nSPS) is 48.1. The van der Waals surface area contributed by atoms with E-state index < -0.39 is 0 Å². The van der Waals surface area contributed by atoms with Gasteiger partial charge in [-0.25, -0.2) is 0 Å². The van der Waals surface area contributed by atoms with Gasteiger partial charge >= 0.3 is 5.97 Å². The van der Waals surface area contributed by atoms with Gasteiger partial charge in [0, 0.05) is 36.2 Å². The number of hydrogen-bond acceptors (Lipinski definition) is 5. The maximum atomic E-state index is 14.5. The van der Waals surface area contributed by atoms with Gasteiger partial charge in [-0.05, 0) is 90.8 Å². The van der Waals surface area contributed by atoms with Crippen LogP contribution in [-0.4, -0.2) is 23.5 Å². The molecule has 0 aromatic carbocycles. The number of carbonyl (C=O) groups excluding carboxylic acids is 2. The van der Waals surface area contributed by atoms with Crippen LogP contribution < -0.4 is 0 Å². The fourth-order valence-corrected chi connectivity index (χ4v) is 11.2. The summed E-state index contributed by atoms with van der Waals surface area (Å²) in [5, 5.41) is 4.18. The first-order valence-electron chi connectivity index (χ1n) is 14.9. The Morgan fingerprint density at radius 2 is 1.78 bits per heavy atom. The van der Waals surface area contributed by atoms with Gasteiger partial charge in [0.25, 0.3) is 0 Å². The lowest BCUT2D eigenvalue weighted by Crippen LogP contribution is -2.68. The zero-order valence-electron chi connectivity index (χ0n) is 24.1. The summed E-state index contributed by atoms with van der Waals surface area (Å²) in [4.78, 5) is 26.4. The van der Waals surface area contributed by atoms with Crippen LogP contribution >= 0.6 is 0 Å². The van der Waals surface area contributed by atoms with Crippen LogP contribution in [0.2, 0.25) is 0 Å². The van der Waals surface area contributed by atoms with Gasteiger partial charge in [0.15, 0.2) is 0 Å². The number of fused-ring (bicyclic) bond motifs is 8. The van der Waals surface area contributed by atoms with Gasteiger partial charge in [-0.1, -0.05) is 46.7 Å². The summed E-state index contributed by atoms with van der Waals surface area (Å²) in [5.74, 6) is 2.97. The monoisotopic (exact) mass is 509 g/mol. The summed E-state index contributed by atoms with van der Waals surface area (Å²) < 4.78 is 11.5. The molecule has 0 N–H and O–H groups in total. The van der Waals surface area contributed by atoms with Crippen LogP contribution in [0.3, 0.4) is 0 Å². The molecule has 4 fully saturated rings. The standard InChI is InChI=1S/C32H47NO4/c1-19-22-8-9-30(6)25(29(22,5)15-21-17-33-37-27(19)21)14-24(35)26-23-16-28(3,4)10-12-32(23,18-36-20(2)34)13-11-31(26,30)7/h17,19,22-23,25-26H,8-16,18H2,1-7H3/t19-,22-,23?,25+,26?,29-,30+,31+,32+/m0/s1. The summed E-state index contributed by atoms with van der Waals surface area (Å²) in [6.07, 6.45) is 11.4. The molecule has 5 aliphatic carbocycles. The van der Waals surface area contributed by atoms with Crippen molar-refractivity contribution in [1.29, 1.82) is 0 Å². The molecule has 9 atom stereocenters. The van der Waals surface area contributed by atoms with Gasteiger partial charge in [-0.15, -0.1) is 0 Å². The highest BCUT2D eigenvalue weighted by molar-refractivity contribution is 5.84. The molecule has 5 nitrogen and oxygen atoms in total. The summed E-state index contributed by atoms with van der Waals surface area (Å²) in [6, 6.07) is 0. The van der Waals surface area contributed by atoms with E-state index in [4.69, 9.17) is 9.26 Å². The van der Waals surface area contributed by atoms with Crippen molar-refractivity contribution in [3.05, 3.63) is 17.5 Å². The van der Waals surface area contributed by atoms with E-state index in [1.807, 2.05) is 6.20 Å². The van der Waals surface area contributed by atoms with Crippen molar-refractivity contribution >= 4 is 11.8 Å². The molecule has 5 heteroatoms. The molecule has 1 aromatic rings. The molecule has 0 radical (unpaired) electrons. The highest BCUT2D eigenvalue weighted by Gasteiger charge is 2.71. The molecule has 37 heavy (non-hydrogen) atoms. The molecular weight excluding hydrogens is 462 g/mol. The third kappa shape index (κ3) is 3.37. The molecule has 0 spiro atoms. The van der Waals surface area contributed by atoms with E-state index in [0.29, 0.717) is 42.5 Å². The molecule has 6 rings (SSSR count). The number of hydrogen-bond donors (Lipinski definition) is 0. The lowest BCUT2D eigenvalue weighted by atomic mass is 9.32. The Hall–Kier alpha value is -1.65. The SMILES string of the molecule is CC(=O)OC[C@]12CCC(C)(C)CC1C1C(=O)C[C@@H]3[C@@]4(C)Cc5cnoc5[C@@H](C)[C@@H]4CC[C@@]3(C)[C@]1(C)CC2. The predicted molar refractivity (Wildman–Crippen MR) is 142 cm³/mol. The number of aromatic nitrogens is 1. The van der Waals surface area contributed by atoms with E-state index >= 15 is 0 Å². The Kier molecular flexibility index (Phi) is 5.50. The highest BCUT2D eigenvalue weighted by atomic mass is 16.5. The first-order chi connectivity index (χ1) is 17.3. The Labute approximate surface area is 222 Å². The third-order valence-corrected chi connectivity index (χ3v) is 13.4. The van der Waals surface area contributed by atoms with Crippen LogP contribution in [0.5, 0.6) is 0 Å². The average Bonchev–Trinajstić information content (AvgIpc) is 3.28. The van der Waals surface area contributed by atoms with Crippen LogP contribution in [0, 0.1) is 50.7 Å². The number of ketones is 1. The molecule has 204 valence electrons. The quantitative estimate of drug-likeness (QED) is 0.396. The van der Waals surface area contributed by atoms with E-state index in [0.717, 1.165) is 44.3 Å². The number of rotatable bonds is 2. The number of Topliss-reactive ketones (excluding diaryl/α,β-unsaturated/α-hetero) is 1. The molecular formula is C32H47NO4. The van der Waals surface area contributed by atoms with Crippen LogP contribution in [0.1, 0.15) is 117 Å². The van der Waals surface area contributed by atoms with E-state index in [-0.39, 0.29) is 39.0 Å². The van der Waals surface area contributed by atoms with Crippen LogP contribution in [0.25, 0.3) is 0 Å². The van der Waals surface area contributed by atoms with Gasteiger partial charge in [-0.2, -0.15) is 0 Å². The summed E-state index contributed by atoms with van der Waals surface area (Å²) in [6.45, 7) is 16.6. The minimum absolute atomic E-state index is 0.0308. The Balaban J connectivity index is 1.41. The second-order valence-corrected chi connectivity index (χ2v) is 15.5. The molecule has 1 heterocycles. The van der Waals surface area contributed by atoms with Gasteiger partial charge in [0.1, 0.15) is 11.5 Å².